The number of piperidine rings is 2. The van der Waals surface area contributed by atoms with Crippen LogP contribution in [0, 0.1) is 5.92 Å². The average molecular weight is 350 g/mol. The SMILES string of the molecule is CC1CCCN(S(=O)(=O)c2cccc(C(=O)N3CCCCC3)c2)C1. The molecule has 2 fully saturated rings. The summed E-state index contributed by atoms with van der Waals surface area (Å²) in [6.45, 7) is 4.74. The van der Waals surface area contributed by atoms with Gasteiger partial charge < -0.3 is 4.90 Å². The molecule has 2 aliphatic rings. The van der Waals surface area contributed by atoms with Crippen molar-refractivity contribution in [3.63, 3.8) is 0 Å². The number of amides is 1. The largest absolute Gasteiger partial charge is 0.339 e. The Balaban J connectivity index is 1.82. The lowest BCUT2D eigenvalue weighted by Gasteiger charge is -2.30. The molecule has 132 valence electrons. The van der Waals surface area contributed by atoms with Crippen molar-refractivity contribution in [2.24, 2.45) is 5.92 Å². The maximum atomic E-state index is 12.9. The lowest BCUT2D eigenvalue weighted by atomic mass is 10.0. The van der Waals surface area contributed by atoms with Gasteiger partial charge in [0, 0.05) is 31.7 Å². The molecular formula is C18H26N2O3S. The van der Waals surface area contributed by atoms with E-state index >= 15 is 0 Å². The van der Waals surface area contributed by atoms with Gasteiger partial charge in [-0.05, 0) is 56.2 Å². The van der Waals surface area contributed by atoms with Gasteiger partial charge in [0.05, 0.1) is 4.90 Å². The molecule has 1 atom stereocenters. The van der Waals surface area contributed by atoms with E-state index in [4.69, 9.17) is 0 Å². The molecule has 0 N–H and O–H groups in total. The van der Waals surface area contributed by atoms with E-state index in [1.54, 1.807) is 28.6 Å². The first-order valence-electron chi connectivity index (χ1n) is 8.88. The number of rotatable bonds is 3. The Morgan fingerprint density at radius 3 is 2.54 bits per heavy atom. The summed E-state index contributed by atoms with van der Waals surface area (Å²) in [5.41, 5.74) is 0.475. The van der Waals surface area contributed by atoms with E-state index in [-0.39, 0.29) is 10.8 Å². The molecule has 24 heavy (non-hydrogen) atoms. The summed E-state index contributed by atoms with van der Waals surface area (Å²) in [5, 5.41) is 0. The zero-order valence-corrected chi connectivity index (χ0v) is 15.1. The van der Waals surface area contributed by atoms with Gasteiger partial charge in [-0.1, -0.05) is 13.0 Å². The maximum Gasteiger partial charge on any atom is 0.253 e. The Kier molecular flexibility index (Phi) is 5.25. The summed E-state index contributed by atoms with van der Waals surface area (Å²) in [5.74, 6) is 0.324. The van der Waals surface area contributed by atoms with Crippen molar-refractivity contribution < 1.29 is 13.2 Å². The fourth-order valence-electron chi connectivity index (χ4n) is 3.58. The number of likely N-dealkylation sites (tertiary alicyclic amines) is 1. The van der Waals surface area contributed by atoms with E-state index in [1.165, 1.54) is 0 Å². The van der Waals surface area contributed by atoms with Gasteiger partial charge in [0.1, 0.15) is 0 Å². The molecule has 3 rings (SSSR count). The number of carbonyl (C=O) groups is 1. The van der Waals surface area contributed by atoms with Gasteiger partial charge in [-0.3, -0.25) is 4.79 Å². The van der Waals surface area contributed by atoms with Crippen LogP contribution >= 0.6 is 0 Å². The van der Waals surface area contributed by atoms with Crippen LogP contribution in [-0.4, -0.2) is 49.7 Å². The fraction of sp³-hybridized carbons (Fsp3) is 0.611. The molecule has 2 saturated heterocycles. The number of benzene rings is 1. The highest BCUT2D eigenvalue weighted by molar-refractivity contribution is 7.89. The molecule has 6 heteroatoms. The number of hydrogen-bond acceptors (Lipinski definition) is 3. The third-order valence-electron chi connectivity index (χ3n) is 4.98. The lowest BCUT2D eigenvalue weighted by Crippen LogP contribution is -2.39. The van der Waals surface area contributed by atoms with E-state index in [1.807, 2.05) is 4.90 Å². The van der Waals surface area contributed by atoms with Crippen molar-refractivity contribution >= 4 is 15.9 Å². The van der Waals surface area contributed by atoms with Crippen molar-refractivity contribution in [1.82, 2.24) is 9.21 Å². The second-order valence-electron chi connectivity index (χ2n) is 6.99. The molecule has 0 bridgehead atoms. The topological polar surface area (TPSA) is 57.7 Å². The number of sulfonamides is 1. The van der Waals surface area contributed by atoms with E-state index in [9.17, 15) is 13.2 Å². The van der Waals surface area contributed by atoms with Crippen LogP contribution in [-0.2, 0) is 10.0 Å². The minimum absolute atomic E-state index is 0.0567. The zero-order chi connectivity index (χ0) is 17.2. The molecule has 1 aromatic carbocycles. The molecule has 0 spiro atoms. The van der Waals surface area contributed by atoms with E-state index in [2.05, 4.69) is 6.92 Å². The van der Waals surface area contributed by atoms with Gasteiger partial charge in [-0.15, -0.1) is 0 Å². The number of nitrogens with zero attached hydrogens (tertiary/aromatic N) is 2. The Bertz CT molecular complexity index is 696. The summed E-state index contributed by atoms with van der Waals surface area (Å²) in [6, 6.07) is 6.54. The summed E-state index contributed by atoms with van der Waals surface area (Å²) in [4.78, 5) is 14.7. The molecule has 0 radical (unpaired) electrons. The average Bonchev–Trinajstić information content (AvgIpc) is 2.62. The summed E-state index contributed by atoms with van der Waals surface area (Å²) in [6.07, 6.45) is 5.17. The molecule has 5 nitrogen and oxygen atoms in total. The third-order valence-corrected chi connectivity index (χ3v) is 6.84. The summed E-state index contributed by atoms with van der Waals surface area (Å²) < 4.78 is 27.3. The molecule has 0 aliphatic carbocycles. The normalized spacial score (nSPS) is 23.2. The molecule has 1 aromatic rings. The second-order valence-corrected chi connectivity index (χ2v) is 8.93. The quantitative estimate of drug-likeness (QED) is 0.842. The first-order chi connectivity index (χ1) is 11.5. The van der Waals surface area contributed by atoms with Crippen LogP contribution in [0.2, 0.25) is 0 Å². The summed E-state index contributed by atoms with van der Waals surface area (Å²) in [7, 11) is -3.52. The van der Waals surface area contributed by atoms with E-state index in [0.29, 0.717) is 24.6 Å². The standard InChI is InChI=1S/C18H26N2O3S/c1-15-7-6-12-20(14-15)24(22,23)17-9-5-8-16(13-17)18(21)19-10-3-2-4-11-19/h5,8-9,13,15H,2-4,6-7,10-12,14H2,1H3. The van der Waals surface area contributed by atoms with Gasteiger partial charge in [0.25, 0.3) is 5.91 Å². The van der Waals surface area contributed by atoms with Crippen molar-refractivity contribution in [2.75, 3.05) is 26.2 Å². The van der Waals surface area contributed by atoms with Crippen molar-refractivity contribution in [1.29, 1.82) is 0 Å². The summed E-state index contributed by atoms with van der Waals surface area (Å²) >= 11 is 0. The molecule has 1 amide bonds. The van der Waals surface area contributed by atoms with E-state index < -0.39 is 10.0 Å². The highest BCUT2D eigenvalue weighted by atomic mass is 32.2. The Labute approximate surface area is 144 Å². The van der Waals surface area contributed by atoms with Gasteiger partial charge in [0.15, 0.2) is 0 Å². The predicted molar refractivity (Wildman–Crippen MR) is 93.4 cm³/mol. The molecule has 0 saturated carbocycles. The second kappa shape index (κ2) is 7.23. The monoisotopic (exact) mass is 350 g/mol. The predicted octanol–water partition coefficient (Wildman–Crippen LogP) is 2.73. The molecule has 2 aliphatic heterocycles. The van der Waals surface area contributed by atoms with Crippen molar-refractivity contribution in [3.05, 3.63) is 29.8 Å². The van der Waals surface area contributed by atoms with Gasteiger partial charge >= 0.3 is 0 Å². The van der Waals surface area contributed by atoms with Crippen LogP contribution in [0.4, 0.5) is 0 Å². The Morgan fingerprint density at radius 1 is 1.08 bits per heavy atom. The minimum atomic E-state index is -3.52. The molecular weight excluding hydrogens is 324 g/mol. The van der Waals surface area contributed by atoms with E-state index in [0.717, 1.165) is 45.2 Å². The van der Waals surface area contributed by atoms with Crippen LogP contribution in [0.5, 0.6) is 0 Å². The van der Waals surface area contributed by atoms with Gasteiger partial charge in [-0.2, -0.15) is 4.31 Å². The van der Waals surface area contributed by atoms with Gasteiger partial charge in [-0.25, -0.2) is 8.42 Å². The lowest BCUT2D eigenvalue weighted by molar-refractivity contribution is 0.0724. The zero-order valence-electron chi connectivity index (χ0n) is 14.3. The highest BCUT2D eigenvalue weighted by Crippen LogP contribution is 2.24. The van der Waals surface area contributed by atoms with Crippen LogP contribution in [0.3, 0.4) is 0 Å². The smallest absolute Gasteiger partial charge is 0.253 e. The first-order valence-corrected chi connectivity index (χ1v) is 10.3. The maximum absolute atomic E-state index is 12.9. The van der Waals surface area contributed by atoms with Crippen LogP contribution in [0.15, 0.2) is 29.2 Å². The Hall–Kier alpha value is -1.40. The third kappa shape index (κ3) is 3.64. The van der Waals surface area contributed by atoms with Crippen LogP contribution in [0.25, 0.3) is 0 Å². The molecule has 1 unspecified atom stereocenters. The minimum Gasteiger partial charge on any atom is -0.339 e. The van der Waals surface area contributed by atoms with Gasteiger partial charge in [0.2, 0.25) is 10.0 Å². The highest BCUT2D eigenvalue weighted by Gasteiger charge is 2.29. The number of carbonyl (C=O) groups excluding carboxylic acids is 1. The van der Waals surface area contributed by atoms with Crippen LogP contribution < -0.4 is 0 Å². The molecule has 0 aromatic heterocycles. The first kappa shape index (κ1) is 17.4. The molecule has 2 heterocycles. The van der Waals surface area contributed by atoms with Crippen LogP contribution in [0.1, 0.15) is 49.4 Å². The fourth-order valence-corrected chi connectivity index (χ4v) is 5.23. The van der Waals surface area contributed by atoms with Crippen molar-refractivity contribution in [3.8, 4) is 0 Å². The Morgan fingerprint density at radius 2 is 1.83 bits per heavy atom. The van der Waals surface area contributed by atoms with Crippen molar-refractivity contribution in [2.45, 2.75) is 43.9 Å². The number of hydrogen-bond donors (Lipinski definition) is 0.